The maximum atomic E-state index is 5.92. The van der Waals surface area contributed by atoms with Gasteiger partial charge in [-0.3, -0.25) is 0 Å². The van der Waals surface area contributed by atoms with E-state index in [0.717, 1.165) is 5.75 Å². The molecule has 0 saturated heterocycles. The van der Waals surface area contributed by atoms with Gasteiger partial charge >= 0.3 is 183 Å². The Balaban J connectivity index is 3.26. The van der Waals surface area contributed by atoms with E-state index in [1.165, 1.54) is 57.4 Å². The summed E-state index contributed by atoms with van der Waals surface area (Å²) in [6.07, 6.45) is 17.0. The van der Waals surface area contributed by atoms with Crippen LogP contribution in [0.4, 0.5) is 0 Å². The van der Waals surface area contributed by atoms with Gasteiger partial charge in [0.05, 0.1) is 0 Å². The summed E-state index contributed by atoms with van der Waals surface area (Å²) in [6, 6.07) is 8.32. The standard InChI is InChI=1S/C13H12ClO.3C4H9.Sn/c1-15-13-9-7-12(8-10-13)6-4-2-3-5-11-14;3*1-3-4-2;/h3-11H,1H3;3*1,3-4H2,2H3;/b3-2?,6-4+,11-5+;;;;. The summed E-state index contributed by atoms with van der Waals surface area (Å²) in [5.74, 6) is 0.903. The monoisotopic (exact) mass is 510 g/mol. The number of hydrogen-bond donors (Lipinski definition) is 0. The van der Waals surface area contributed by atoms with Crippen LogP contribution in [0.25, 0.3) is 6.08 Å². The molecule has 0 aliphatic rings. The Morgan fingerprint density at radius 3 is 1.89 bits per heavy atom. The van der Waals surface area contributed by atoms with E-state index in [0.29, 0.717) is 0 Å². The summed E-state index contributed by atoms with van der Waals surface area (Å²) in [4.78, 5) is 0. The van der Waals surface area contributed by atoms with Crippen molar-refractivity contribution in [1.82, 2.24) is 0 Å². The number of halogens is 1. The summed E-state index contributed by atoms with van der Waals surface area (Å²) in [5, 5.41) is 0. The van der Waals surface area contributed by atoms with Crippen LogP contribution >= 0.6 is 11.6 Å². The fourth-order valence-electron chi connectivity index (χ4n) is 3.80. The van der Waals surface area contributed by atoms with Gasteiger partial charge in [0.15, 0.2) is 0 Å². The van der Waals surface area contributed by atoms with Gasteiger partial charge in [0.1, 0.15) is 0 Å². The van der Waals surface area contributed by atoms with Crippen LogP contribution in [0.1, 0.15) is 64.9 Å². The summed E-state index contributed by atoms with van der Waals surface area (Å²) in [7, 11) is 1.71. The molecule has 0 bridgehead atoms. The normalized spacial score (nSPS) is 13.0. The third-order valence-electron chi connectivity index (χ3n) is 5.56. The van der Waals surface area contributed by atoms with Crippen LogP contribution in [0.5, 0.6) is 5.75 Å². The number of benzene rings is 1. The Labute approximate surface area is 182 Å². The van der Waals surface area contributed by atoms with Crippen molar-refractivity contribution < 1.29 is 4.74 Å². The average Bonchev–Trinajstić information content (AvgIpc) is 2.74. The number of rotatable bonds is 14. The van der Waals surface area contributed by atoms with Crippen molar-refractivity contribution in [3.8, 4) is 5.75 Å². The topological polar surface area (TPSA) is 9.23 Å². The van der Waals surface area contributed by atoms with Crippen molar-refractivity contribution in [2.24, 2.45) is 0 Å². The first-order valence-electron chi connectivity index (χ1n) is 10.9. The van der Waals surface area contributed by atoms with Crippen LogP contribution in [0.15, 0.2) is 51.6 Å². The van der Waals surface area contributed by atoms with E-state index in [-0.39, 0.29) is 0 Å². The number of allylic oxidation sites excluding steroid dienone is 4. The van der Waals surface area contributed by atoms with Gasteiger partial charge in [-0.25, -0.2) is 0 Å². The molecular weight excluding hydrogens is 470 g/mol. The first kappa shape index (κ1) is 25.4. The summed E-state index contributed by atoms with van der Waals surface area (Å²) in [5.41, 5.74) is 2.88. The molecule has 0 spiro atoms. The van der Waals surface area contributed by atoms with Crippen LogP contribution in [-0.2, 0) is 0 Å². The zero-order valence-corrected chi connectivity index (χ0v) is 22.0. The predicted molar refractivity (Wildman–Crippen MR) is 130 cm³/mol. The first-order chi connectivity index (χ1) is 13.7. The first-order valence-corrected chi connectivity index (χ1v) is 18.9. The molecule has 0 amide bonds. The summed E-state index contributed by atoms with van der Waals surface area (Å²) in [6.45, 7) is 6.97. The van der Waals surface area contributed by atoms with Crippen molar-refractivity contribution >= 4 is 36.1 Å². The van der Waals surface area contributed by atoms with Crippen molar-refractivity contribution in [2.75, 3.05) is 7.11 Å². The van der Waals surface area contributed by atoms with Crippen LogP contribution in [0.3, 0.4) is 0 Å². The molecule has 1 nitrogen and oxygen atoms in total. The van der Waals surface area contributed by atoms with Crippen LogP contribution in [0.2, 0.25) is 13.3 Å². The van der Waals surface area contributed by atoms with E-state index in [4.69, 9.17) is 16.3 Å². The molecule has 0 unspecified atom stereocenters. The third kappa shape index (κ3) is 8.78. The molecule has 0 aliphatic carbocycles. The second-order valence-electron chi connectivity index (χ2n) is 7.64. The summed E-state index contributed by atoms with van der Waals surface area (Å²) >= 11 is 3.44. The molecule has 0 atom stereocenters. The second kappa shape index (κ2) is 15.2. The molecule has 0 radical (unpaired) electrons. The Hall–Kier alpha value is -0.671. The van der Waals surface area contributed by atoms with Crippen LogP contribution in [0, 0.1) is 0 Å². The van der Waals surface area contributed by atoms with Crippen molar-refractivity contribution in [3.63, 3.8) is 0 Å². The molecule has 1 aromatic rings. The predicted octanol–water partition coefficient (Wildman–Crippen LogP) is 8.78. The van der Waals surface area contributed by atoms with E-state index >= 15 is 0 Å². The molecular formula is C25H39ClOSn. The van der Waals surface area contributed by atoms with Gasteiger partial charge in [-0.05, 0) is 0 Å². The number of unbranched alkanes of at least 4 members (excludes halogenated alkanes) is 3. The average molecular weight is 510 g/mol. The van der Waals surface area contributed by atoms with E-state index < -0.39 is 18.4 Å². The van der Waals surface area contributed by atoms with E-state index in [1.807, 2.05) is 18.2 Å². The Morgan fingerprint density at radius 2 is 1.46 bits per heavy atom. The number of methoxy groups -OCH3 is 1. The van der Waals surface area contributed by atoms with E-state index in [1.54, 1.807) is 16.2 Å². The van der Waals surface area contributed by atoms with Crippen LogP contribution < -0.4 is 4.74 Å². The fourth-order valence-corrected chi connectivity index (χ4v) is 19.8. The molecule has 0 aliphatic heterocycles. The van der Waals surface area contributed by atoms with Gasteiger partial charge in [-0.2, -0.15) is 0 Å². The zero-order chi connectivity index (χ0) is 20.7. The SMILES string of the molecule is CCC[CH2][Sn]([CH2]CCC)([CH2]CCC)[C](/C=C/c1ccc(OC)cc1)=C/C=C/Cl. The zero-order valence-electron chi connectivity index (χ0n) is 18.3. The van der Waals surface area contributed by atoms with Crippen LogP contribution in [-0.4, -0.2) is 25.5 Å². The fraction of sp³-hybridized carbons (Fsp3) is 0.520. The van der Waals surface area contributed by atoms with Crippen molar-refractivity contribution in [2.45, 2.75) is 72.6 Å². The molecule has 3 heteroatoms. The van der Waals surface area contributed by atoms with Gasteiger partial charge in [0.25, 0.3) is 0 Å². The van der Waals surface area contributed by atoms with Crippen molar-refractivity contribution in [3.05, 3.63) is 57.2 Å². The Morgan fingerprint density at radius 1 is 0.929 bits per heavy atom. The van der Waals surface area contributed by atoms with Gasteiger partial charge in [-0.1, -0.05) is 0 Å². The summed E-state index contributed by atoms with van der Waals surface area (Å²) < 4.78 is 11.3. The van der Waals surface area contributed by atoms with Gasteiger partial charge in [-0.15, -0.1) is 0 Å². The van der Waals surface area contributed by atoms with E-state index in [2.05, 4.69) is 51.1 Å². The minimum atomic E-state index is -2.48. The van der Waals surface area contributed by atoms with E-state index in [9.17, 15) is 0 Å². The Bertz CT molecular complexity index is 594. The maximum absolute atomic E-state index is 5.92. The van der Waals surface area contributed by atoms with Gasteiger partial charge in [0, 0.05) is 0 Å². The van der Waals surface area contributed by atoms with Crippen molar-refractivity contribution in [1.29, 1.82) is 0 Å². The van der Waals surface area contributed by atoms with Gasteiger partial charge < -0.3 is 0 Å². The molecule has 0 aromatic heterocycles. The molecule has 0 heterocycles. The second-order valence-corrected chi connectivity index (χ2v) is 21.1. The molecule has 1 rings (SSSR count). The molecule has 156 valence electrons. The number of hydrogen-bond acceptors (Lipinski definition) is 1. The Kier molecular flexibility index (Phi) is 13.8. The minimum absolute atomic E-state index is 0.903. The number of ether oxygens (including phenoxy) is 1. The quantitative estimate of drug-likeness (QED) is 0.180. The van der Waals surface area contributed by atoms with Gasteiger partial charge in [0.2, 0.25) is 0 Å². The molecule has 0 N–H and O–H groups in total. The molecule has 28 heavy (non-hydrogen) atoms. The molecule has 0 saturated carbocycles. The third-order valence-corrected chi connectivity index (χ3v) is 21.4. The molecule has 0 fully saturated rings. The molecule has 1 aromatic carbocycles.